The molecule has 13 heavy (non-hydrogen) atoms. The van der Waals surface area contributed by atoms with Gasteiger partial charge in [0.05, 0.1) is 11.2 Å². The van der Waals surface area contributed by atoms with E-state index in [-0.39, 0.29) is 11.2 Å². The van der Waals surface area contributed by atoms with E-state index in [0.717, 1.165) is 13.1 Å². The molecule has 0 bridgehead atoms. The first-order valence-corrected chi connectivity index (χ1v) is 5.47. The van der Waals surface area contributed by atoms with Gasteiger partial charge in [0, 0.05) is 13.1 Å². The van der Waals surface area contributed by atoms with Crippen molar-refractivity contribution in [1.29, 1.82) is 0 Å². The summed E-state index contributed by atoms with van der Waals surface area (Å²) in [7, 11) is 0. The van der Waals surface area contributed by atoms with E-state index in [1.165, 1.54) is 19.3 Å². The second-order valence-electron chi connectivity index (χ2n) is 5.21. The molecular formula is C11H21NO. The van der Waals surface area contributed by atoms with Gasteiger partial charge in [0.25, 0.3) is 0 Å². The molecule has 2 rings (SSSR count). The molecule has 1 saturated heterocycles. The number of ether oxygens (including phenoxy) is 1. The average molecular weight is 183 g/mol. The average Bonchev–Trinajstić information content (AvgIpc) is 2.01. The summed E-state index contributed by atoms with van der Waals surface area (Å²) in [6.45, 7) is 8.81. The van der Waals surface area contributed by atoms with E-state index in [0.29, 0.717) is 5.92 Å². The van der Waals surface area contributed by atoms with E-state index in [2.05, 4.69) is 26.1 Å². The molecule has 0 amide bonds. The lowest BCUT2D eigenvalue weighted by molar-refractivity contribution is -0.218. The first-order valence-electron chi connectivity index (χ1n) is 5.47. The van der Waals surface area contributed by atoms with Crippen LogP contribution in [0.15, 0.2) is 0 Å². The number of hydrogen-bond donors (Lipinski definition) is 1. The monoisotopic (exact) mass is 183 g/mol. The van der Waals surface area contributed by atoms with Crippen LogP contribution in [-0.2, 0) is 4.74 Å². The fourth-order valence-electron chi connectivity index (χ4n) is 2.28. The first-order chi connectivity index (χ1) is 6.06. The Balaban J connectivity index is 2.06. The van der Waals surface area contributed by atoms with Crippen LogP contribution in [0.4, 0.5) is 0 Å². The summed E-state index contributed by atoms with van der Waals surface area (Å²) in [5, 5.41) is 3.52. The van der Waals surface area contributed by atoms with Crippen LogP contribution in [-0.4, -0.2) is 24.3 Å². The Morgan fingerprint density at radius 1 is 1.23 bits per heavy atom. The lowest BCUT2D eigenvalue weighted by Gasteiger charge is -2.53. The zero-order chi connectivity index (χ0) is 9.53. The predicted octanol–water partition coefficient (Wildman–Crippen LogP) is 1.94. The van der Waals surface area contributed by atoms with Crippen molar-refractivity contribution in [2.75, 3.05) is 13.1 Å². The number of hydrogen-bond acceptors (Lipinski definition) is 2. The molecule has 1 heterocycles. The fraction of sp³-hybridized carbons (Fsp3) is 1.00. The Morgan fingerprint density at radius 2 is 1.92 bits per heavy atom. The normalized spacial score (nSPS) is 37.8. The molecule has 1 N–H and O–H groups in total. The number of rotatable bonds is 1. The molecule has 1 aliphatic carbocycles. The summed E-state index contributed by atoms with van der Waals surface area (Å²) >= 11 is 0. The highest BCUT2D eigenvalue weighted by Crippen LogP contribution is 2.42. The summed E-state index contributed by atoms with van der Waals surface area (Å²) in [6, 6.07) is 0. The Labute approximate surface area is 81.0 Å². The van der Waals surface area contributed by atoms with Gasteiger partial charge >= 0.3 is 0 Å². The quantitative estimate of drug-likeness (QED) is 0.671. The summed E-state index contributed by atoms with van der Waals surface area (Å²) in [6.07, 6.45) is 3.85. The second kappa shape index (κ2) is 2.96. The predicted molar refractivity (Wildman–Crippen MR) is 53.8 cm³/mol. The van der Waals surface area contributed by atoms with Crippen molar-refractivity contribution in [2.24, 2.45) is 5.92 Å². The molecule has 1 saturated carbocycles. The van der Waals surface area contributed by atoms with Crippen LogP contribution >= 0.6 is 0 Å². The van der Waals surface area contributed by atoms with Gasteiger partial charge in [-0.1, -0.05) is 13.8 Å². The Hall–Kier alpha value is -0.0800. The molecule has 1 spiro atoms. The van der Waals surface area contributed by atoms with Crippen LogP contribution in [0.5, 0.6) is 0 Å². The van der Waals surface area contributed by atoms with Crippen molar-refractivity contribution < 1.29 is 4.74 Å². The lowest BCUT2D eigenvalue weighted by Crippen LogP contribution is -2.63. The molecule has 0 radical (unpaired) electrons. The minimum absolute atomic E-state index is 0.0542. The molecule has 76 valence electrons. The van der Waals surface area contributed by atoms with Crippen LogP contribution in [0.3, 0.4) is 0 Å². The van der Waals surface area contributed by atoms with Crippen molar-refractivity contribution in [3.63, 3.8) is 0 Å². The molecular weight excluding hydrogens is 162 g/mol. The van der Waals surface area contributed by atoms with Crippen molar-refractivity contribution >= 4 is 0 Å². The van der Waals surface area contributed by atoms with Gasteiger partial charge < -0.3 is 10.1 Å². The molecule has 1 aliphatic heterocycles. The van der Waals surface area contributed by atoms with Crippen molar-refractivity contribution in [1.82, 2.24) is 5.32 Å². The molecule has 2 heteroatoms. The van der Waals surface area contributed by atoms with Crippen molar-refractivity contribution in [2.45, 2.75) is 51.2 Å². The van der Waals surface area contributed by atoms with Crippen LogP contribution in [0.2, 0.25) is 0 Å². The van der Waals surface area contributed by atoms with E-state index in [4.69, 9.17) is 4.74 Å². The molecule has 0 aromatic heterocycles. The smallest absolute Gasteiger partial charge is 0.0814 e. The summed E-state index contributed by atoms with van der Waals surface area (Å²) in [5.74, 6) is 0.595. The maximum absolute atomic E-state index is 6.30. The third-order valence-electron chi connectivity index (χ3n) is 3.86. The van der Waals surface area contributed by atoms with Gasteiger partial charge in [0.1, 0.15) is 0 Å². The fourth-order valence-corrected chi connectivity index (χ4v) is 2.28. The van der Waals surface area contributed by atoms with Crippen LogP contribution in [0, 0.1) is 5.92 Å². The minimum atomic E-state index is 0.0542. The zero-order valence-corrected chi connectivity index (χ0v) is 9.02. The molecule has 1 unspecified atom stereocenters. The van der Waals surface area contributed by atoms with Gasteiger partial charge in [-0.3, -0.25) is 0 Å². The third-order valence-corrected chi connectivity index (χ3v) is 3.86. The van der Waals surface area contributed by atoms with Crippen LogP contribution in [0.1, 0.15) is 40.0 Å². The van der Waals surface area contributed by atoms with Crippen LogP contribution in [0.25, 0.3) is 0 Å². The number of nitrogens with one attached hydrogen (secondary N) is 1. The highest BCUT2D eigenvalue weighted by molar-refractivity contribution is 5.00. The molecule has 2 fully saturated rings. The summed E-state index contributed by atoms with van der Waals surface area (Å²) < 4.78 is 6.30. The summed E-state index contributed by atoms with van der Waals surface area (Å²) in [5.41, 5.74) is 0.260. The van der Waals surface area contributed by atoms with E-state index >= 15 is 0 Å². The van der Waals surface area contributed by atoms with E-state index < -0.39 is 0 Å². The van der Waals surface area contributed by atoms with Crippen LogP contribution < -0.4 is 5.32 Å². The second-order valence-corrected chi connectivity index (χ2v) is 5.21. The topological polar surface area (TPSA) is 21.3 Å². The van der Waals surface area contributed by atoms with Gasteiger partial charge in [-0.05, 0) is 32.1 Å². The highest BCUT2D eigenvalue weighted by atomic mass is 16.5. The SMILES string of the molecule is CC(C)C1(C)CNCC2(CCC2)O1. The maximum Gasteiger partial charge on any atom is 0.0814 e. The Kier molecular flexibility index (Phi) is 2.16. The van der Waals surface area contributed by atoms with Crippen molar-refractivity contribution in [3.05, 3.63) is 0 Å². The Morgan fingerprint density at radius 3 is 2.38 bits per heavy atom. The van der Waals surface area contributed by atoms with E-state index in [9.17, 15) is 0 Å². The molecule has 0 aromatic rings. The molecule has 2 aliphatic rings. The summed E-state index contributed by atoms with van der Waals surface area (Å²) in [4.78, 5) is 0. The standard InChI is InChI=1S/C11H21NO/c1-9(2)10(3)7-12-8-11(13-10)5-4-6-11/h9,12H,4-8H2,1-3H3. The van der Waals surface area contributed by atoms with E-state index in [1.807, 2.05) is 0 Å². The molecule has 2 nitrogen and oxygen atoms in total. The minimum Gasteiger partial charge on any atom is -0.366 e. The number of morpholine rings is 1. The maximum atomic E-state index is 6.30. The van der Waals surface area contributed by atoms with E-state index in [1.54, 1.807) is 0 Å². The highest BCUT2D eigenvalue weighted by Gasteiger charge is 2.47. The Bertz CT molecular complexity index is 198. The van der Waals surface area contributed by atoms with Crippen molar-refractivity contribution in [3.8, 4) is 0 Å². The van der Waals surface area contributed by atoms with Gasteiger partial charge in [-0.2, -0.15) is 0 Å². The third kappa shape index (κ3) is 1.50. The van der Waals surface area contributed by atoms with Gasteiger partial charge in [-0.25, -0.2) is 0 Å². The lowest BCUT2D eigenvalue weighted by atomic mass is 9.76. The van der Waals surface area contributed by atoms with Gasteiger partial charge in [0.15, 0.2) is 0 Å². The molecule has 1 atom stereocenters. The zero-order valence-electron chi connectivity index (χ0n) is 9.02. The molecule has 0 aromatic carbocycles. The largest absolute Gasteiger partial charge is 0.366 e. The van der Waals surface area contributed by atoms with Gasteiger partial charge in [-0.15, -0.1) is 0 Å². The first kappa shape index (κ1) is 9.47. The van der Waals surface area contributed by atoms with Gasteiger partial charge in [0.2, 0.25) is 0 Å².